The van der Waals surface area contributed by atoms with Gasteiger partial charge in [0.2, 0.25) is 0 Å². The molecular formula is C25H34N4O2. The highest BCUT2D eigenvalue weighted by atomic mass is 16.5. The summed E-state index contributed by atoms with van der Waals surface area (Å²) in [6, 6.07) is 11.7. The molecule has 0 radical (unpaired) electrons. The van der Waals surface area contributed by atoms with Gasteiger partial charge in [-0.1, -0.05) is 13.0 Å². The van der Waals surface area contributed by atoms with Crippen molar-refractivity contribution in [3.8, 4) is 5.75 Å². The van der Waals surface area contributed by atoms with Crippen LogP contribution in [0.4, 0.5) is 11.4 Å². The second kappa shape index (κ2) is 9.00. The van der Waals surface area contributed by atoms with Crippen molar-refractivity contribution in [2.45, 2.75) is 45.6 Å². The van der Waals surface area contributed by atoms with E-state index in [1.807, 2.05) is 37.2 Å². The van der Waals surface area contributed by atoms with E-state index in [0.717, 1.165) is 30.0 Å². The molecule has 0 saturated carbocycles. The van der Waals surface area contributed by atoms with Crippen LogP contribution in [-0.4, -0.2) is 45.4 Å². The summed E-state index contributed by atoms with van der Waals surface area (Å²) in [5.41, 5.74) is 7.61. The quantitative estimate of drug-likeness (QED) is 0.544. The Labute approximate surface area is 185 Å². The number of ether oxygens (including phenoxy) is 1. The Bertz CT molecular complexity index is 981. The standard InChI is InChI=1S/C25H34N4O2/c1-8-29-22-14-23(31-7)19(13-21(22)17(2)15-25(29,3)4)16-26-27-24(30)18-10-9-11-20(12-18)28(5)6/h9-14,16-17H,8,15H2,1-7H3,(H,27,30)/b26-16-. The van der Waals surface area contributed by atoms with Crippen LogP contribution in [-0.2, 0) is 0 Å². The minimum atomic E-state index is -0.246. The zero-order valence-electron chi connectivity index (χ0n) is 19.7. The molecule has 166 valence electrons. The molecule has 2 aromatic carbocycles. The van der Waals surface area contributed by atoms with Crippen LogP contribution in [0.15, 0.2) is 41.5 Å². The molecule has 1 aliphatic heterocycles. The van der Waals surface area contributed by atoms with E-state index < -0.39 is 0 Å². The van der Waals surface area contributed by atoms with Crippen LogP contribution < -0.4 is 20.0 Å². The largest absolute Gasteiger partial charge is 0.496 e. The van der Waals surface area contributed by atoms with Gasteiger partial charge in [-0.2, -0.15) is 5.10 Å². The van der Waals surface area contributed by atoms with Crippen molar-refractivity contribution in [3.05, 3.63) is 53.1 Å². The number of hydrazone groups is 1. The van der Waals surface area contributed by atoms with Crippen LogP contribution in [0.1, 0.15) is 61.5 Å². The minimum Gasteiger partial charge on any atom is -0.496 e. The van der Waals surface area contributed by atoms with Crippen LogP contribution in [0.3, 0.4) is 0 Å². The Morgan fingerprint density at radius 1 is 1.32 bits per heavy atom. The predicted molar refractivity (Wildman–Crippen MR) is 129 cm³/mol. The van der Waals surface area contributed by atoms with E-state index in [4.69, 9.17) is 4.74 Å². The van der Waals surface area contributed by atoms with Crippen LogP contribution in [0.5, 0.6) is 5.75 Å². The summed E-state index contributed by atoms with van der Waals surface area (Å²) in [6.45, 7) is 9.97. The van der Waals surface area contributed by atoms with Crippen LogP contribution in [0.2, 0.25) is 0 Å². The topological polar surface area (TPSA) is 57.2 Å². The van der Waals surface area contributed by atoms with Crippen molar-refractivity contribution in [2.75, 3.05) is 37.5 Å². The summed E-state index contributed by atoms with van der Waals surface area (Å²) in [7, 11) is 5.55. The molecule has 2 aromatic rings. The lowest BCUT2D eigenvalue weighted by Crippen LogP contribution is -2.48. The number of anilines is 2. The molecule has 6 nitrogen and oxygen atoms in total. The third kappa shape index (κ3) is 4.68. The normalized spacial score (nSPS) is 17.4. The van der Waals surface area contributed by atoms with Gasteiger partial charge < -0.3 is 14.5 Å². The summed E-state index contributed by atoms with van der Waals surface area (Å²) >= 11 is 0. The zero-order valence-corrected chi connectivity index (χ0v) is 19.7. The molecule has 0 spiro atoms. The van der Waals surface area contributed by atoms with Crippen LogP contribution >= 0.6 is 0 Å². The van der Waals surface area contributed by atoms with Gasteiger partial charge in [0.15, 0.2) is 0 Å². The first-order valence-corrected chi connectivity index (χ1v) is 10.8. The summed E-state index contributed by atoms with van der Waals surface area (Å²) in [5.74, 6) is 0.924. The first-order valence-electron chi connectivity index (χ1n) is 10.8. The Kier molecular flexibility index (Phi) is 6.58. The number of hydrogen-bond acceptors (Lipinski definition) is 5. The number of nitrogens with zero attached hydrogens (tertiary/aromatic N) is 3. The first-order chi connectivity index (χ1) is 14.7. The fourth-order valence-corrected chi connectivity index (χ4v) is 4.55. The van der Waals surface area contributed by atoms with Gasteiger partial charge >= 0.3 is 0 Å². The van der Waals surface area contributed by atoms with Crippen molar-refractivity contribution in [2.24, 2.45) is 5.10 Å². The first kappa shape index (κ1) is 22.7. The van der Waals surface area contributed by atoms with Gasteiger partial charge in [0.05, 0.1) is 13.3 Å². The van der Waals surface area contributed by atoms with Gasteiger partial charge in [-0.25, -0.2) is 5.43 Å². The predicted octanol–water partition coefficient (Wildman–Crippen LogP) is 4.64. The van der Waals surface area contributed by atoms with Crippen molar-refractivity contribution >= 4 is 23.5 Å². The Hall–Kier alpha value is -3.02. The number of carbonyl (C=O) groups excluding carboxylic acids is 1. The second-order valence-electron chi connectivity index (χ2n) is 8.96. The molecule has 0 aromatic heterocycles. The number of carbonyl (C=O) groups is 1. The highest BCUT2D eigenvalue weighted by Crippen LogP contribution is 2.45. The number of amides is 1. The van der Waals surface area contributed by atoms with E-state index in [0.29, 0.717) is 11.5 Å². The van der Waals surface area contributed by atoms with Gasteiger partial charge in [0.25, 0.3) is 5.91 Å². The molecule has 0 fully saturated rings. The van der Waals surface area contributed by atoms with E-state index in [2.05, 4.69) is 55.3 Å². The molecule has 6 heteroatoms. The number of hydrogen-bond donors (Lipinski definition) is 1. The third-order valence-corrected chi connectivity index (χ3v) is 6.05. The SMILES string of the molecule is CCN1c2cc(OC)c(/C=N\NC(=O)c3cccc(N(C)C)c3)cc2C(C)CC1(C)C. The van der Waals surface area contributed by atoms with Crippen molar-refractivity contribution in [3.63, 3.8) is 0 Å². The number of methoxy groups -OCH3 is 1. The molecule has 1 unspecified atom stereocenters. The van der Waals surface area contributed by atoms with Crippen LogP contribution in [0, 0.1) is 0 Å². The third-order valence-electron chi connectivity index (χ3n) is 6.05. The van der Waals surface area contributed by atoms with E-state index in [1.165, 1.54) is 11.3 Å². The fourth-order valence-electron chi connectivity index (χ4n) is 4.55. The molecule has 1 amide bonds. The summed E-state index contributed by atoms with van der Waals surface area (Å²) in [4.78, 5) is 16.9. The average molecular weight is 423 g/mol. The summed E-state index contributed by atoms with van der Waals surface area (Å²) < 4.78 is 5.66. The monoisotopic (exact) mass is 422 g/mol. The Morgan fingerprint density at radius 2 is 2.06 bits per heavy atom. The number of fused-ring (bicyclic) bond motifs is 1. The molecule has 0 bridgehead atoms. The zero-order chi connectivity index (χ0) is 22.8. The van der Waals surface area contributed by atoms with Crippen molar-refractivity contribution in [1.29, 1.82) is 0 Å². The van der Waals surface area contributed by atoms with Gasteiger partial charge in [-0.3, -0.25) is 4.79 Å². The van der Waals surface area contributed by atoms with Gasteiger partial charge in [0.1, 0.15) is 5.75 Å². The summed E-state index contributed by atoms with van der Waals surface area (Å²) in [5, 5.41) is 4.21. The number of nitrogens with one attached hydrogen (secondary N) is 1. The van der Waals surface area contributed by atoms with Crippen molar-refractivity contribution < 1.29 is 9.53 Å². The molecule has 0 aliphatic carbocycles. The Morgan fingerprint density at radius 3 is 2.71 bits per heavy atom. The van der Waals surface area contributed by atoms with E-state index >= 15 is 0 Å². The molecule has 1 N–H and O–H groups in total. The lowest BCUT2D eigenvalue weighted by molar-refractivity contribution is 0.0955. The van der Waals surface area contributed by atoms with Crippen LogP contribution in [0.25, 0.3) is 0 Å². The molecule has 1 aliphatic rings. The maximum absolute atomic E-state index is 12.5. The Balaban J connectivity index is 1.85. The smallest absolute Gasteiger partial charge is 0.271 e. The van der Waals surface area contributed by atoms with E-state index in [1.54, 1.807) is 19.4 Å². The molecule has 0 saturated heterocycles. The highest BCUT2D eigenvalue weighted by molar-refractivity contribution is 5.96. The van der Waals surface area contributed by atoms with Gasteiger partial charge in [0, 0.05) is 54.7 Å². The number of benzene rings is 2. The summed E-state index contributed by atoms with van der Waals surface area (Å²) in [6.07, 6.45) is 2.74. The lowest BCUT2D eigenvalue weighted by Gasteiger charge is -2.47. The number of rotatable bonds is 6. The van der Waals surface area contributed by atoms with Gasteiger partial charge in [-0.15, -0.1) is 0 Å². The average Bonchev–Trinajstić information content (AvgIpc) is 2.73. The molecule has 1 atom stereocenters. The second-order valence-corrected chi connectivity index (χ2v) is 8.96. The highest BCUT2D eigenvalue weighted by Gasteiger charge is 2.36. The van der Waals surface area contributed by atoms with Gasteiger partial charge in [-0.05, 0) is 62.9 Å². The molecule has 3 rings (SSSR count). The lowest BCUT2D eigenvalue weighted by atomic mass is 9.79. The van der Waals surface area contributed by atoms with E-state index in [9.17, 15) is 4.79 Å². The van der Waals surface area contributed by atoms with E-state index in [-0.39, 0.29) is 11.4 Å². The fraction of sp³-hybridized carbons (Fsp3) is 0.440. The maximum atomic E-state index is 12.5. The molecule has 1 heterocycles. The molecule has 31 heavy (non-hydrogen) atoms. The maximum Gasteiger partial charge on any atom is 0.271 e. The minimum absolute atomic E-state index is 0.0941. The van der Waals surface area contributed by atoms with Crippen molar-refractivity contribution in [1.82, 2.24) is 5.43 Å². The molecular weight excluding hydrogens is 388 g/mol.